The second-order valence-corrected chi connectivity index (χ2v) is 5.80. The van der Waals surface area contributed by atoms with Crippen LogP contribution in [0, 0.1) is 17.2 Å². The van der Waals surface area contributed by atoms with Crippen LogP contribution in [0.15, 0.2) is 18.2 Å². The van der Waals surface area contributed by atoms with Gasteiger partial charge >= 0.3 is 0 Å². The van der Waals surface area contributed by atoms with E-state index in [2.05, 4.69) is 18.3 Å². The third-order valence-corrected chi connectivity index (χ3v) is 4.34. The Morgan fingerprint density at radius 2 is 2.11 bits per heavy atom. The normalized spacial score (nSPS) is 17.7. The SMILES string of the molecule is CCC(Nc1cc(Cl)ccc1C#N)C1CCCCC1. The van der Waals surface area contributed by atoms with Crippen LogP contribution in [0.25, 0.3) is 0 Å². The van der Waals surface area contributed by atoms with Gasteiger partial charge in [-0.05, 0) is 43.4 Å². The average molecular weight is 277 g/mol. The van der Waals surface area contributed by atoms with E-state index in [-0.39, 0.29) is 0 Å². The number of nitrogens with zero attached hydrogens (tertiary/aromatic N) is 1. The number of halogens is 1. The van der Waals surface area contributed by atoms with E-state index in [1.807, 2.05) is 6.07 Å². The fraction of sp³-hybridized carbons (Fsp3) is 0.562. The van der Waals surface area contributed by atoms with Crippen LogP contribution in [0.1, 0.15) is 51.0 Å². The quantitative estimate of drug-likeness (QED) is 0.841. The van der Waals surface area contributed by atoms with Crippen LogP contribution in [0.2, 0.25) is 5.02 Å². The van der Waals surface area contributed by atoms with E-state index in [9.17, 15) is 5.26 Å². The number of benzene rings is 1. The van der Waals surface area contributed by atoms with E-state index in [0.29, 0.717) is 16.6 Å². The first kappa shape index (κ1) is 14.2. The summed E-state index contributed by atoms with van der Waals surface area (Å²) in [6.07, 6.45) is 7.73. The zero-order chi connectivity index (χ0) is 13.7. The predicted octanol–water partition coefficient (Wildman–Crippen LogP) is 4.98. The van der Waals surface area contributed by atoms with Gasteiger partial charge in [0.15, 0.2) is 0 Å². The Labute approximate surface area is 120 Å². The molecule has 3 heteroatoms. The van der Waals surface area contributed by atoms with Gasteiger partial charge in [0, 0.05) is 11.1 Å². The second kappa shape index (κ2) is 6.82. The molecule has 0 aromatic heterocycles. The molecule has 0 radical (unpaired) electrons. The highest BCUT2D eigenvalue weighted by molar-refractivity contribution is 6.30. The Hall–Kier alpha value is -1.20. The zero-order valence-corrected chi connectivity index (χ0v) is 12.2. The molecule has 1 N–H and O–H groups in total. The van der Waals surface area contributed by atoms with Crippen molar-refractivity contribution in [3.8, 4) is 6.07 Å². The summed E-state index contributed by atoms with van der Waals surface area (Å²) in [6, 6.07) is 8.11. The summed E-state index contributed by atoms with van der Waals surface area (Å²) in [4.78, 5) is 0. The van der Waals surface area contributed by atoms with Gasteiger partial charge in [0.1, 0.15) is 6.07 Å². The Morgan fingerprint density at radius 1 is 1.37 bits per heavy atom. The van der Waals surface area contributed by atoms with Crippen LogP contribution >= 0.6 is 11.6 Å². The van der Waals surface area contributed by atoms with Gasteiger partial charge in [-0.1, -0.05) is 37.8 Å². The molecule has 1 aliphatic carbocycles. The largest absolute Gasteiger partial charge is 0.381 e. The number of nitriles is 1. The highest BCUT2D eigenvalue weighted by atomic mass is 35.5. The summed E-state index contributed by atoms with van der Waals surface area (Å²) < 4.78 is 0. The van der Waals surface area contributed by atoms with Crippen molar-refractivity contribution in [3.05, 3.63) is 28.8 Å². The van der Waals surface area contributed by atoms with E-state index >= 15 is 0 Å². The highest BCUT2D eigenvalue weighted by Gasteiger charge is 2.22. The topological polar surface area (TPSA) is 35.8 Å². The number of rotatable bonds is 4. The monoisotopic (exact) mass is 276 g/mol. The maximum absolute atomic E-state index is 9.17. The first-order valence-corrected chi connectivity index (χ1v) is 7.58. The lowest BCUT2D eigenvalue weighted by molar-refractivity contribution is 0.313. The molecule has 0 bridgehead atoms. The molecule has 0 spiro atoms. The summed E-state index contributed by atoms with van der Waals surface area (Å²) in [7, 11) is 0. The Morgan fingerprint density at radius 3 is 2.74 bits per heavy atom. The summed E-state index contributed by atoms with van der Waals surface area (Å²) in [5, 5.41) is 13.4. The standard InChI is InChI=1S/C16H21ClN2/c1-2-15(12-6-4-3-5-7-12)19-16-10-14(17)9-8-13(16)11-18/h8-10,12,15,19H,2-7H2,1H3. The number of hydrogen-bond donors (Lipinski definition) is 1. The third kappa shape index (κ3) is 3.64. The van der Waals surface area contributed by atoms with Gasteiger partial charge in [-0.15, -0.1) is 0 Å². The summed E-state index contributed by atoms with van der Waals surface area (Å²) >= 11 is 6.04. The molecule has 1 saturated carbocycles. The molecule has 2 nitrogen and oxygen atoms in total. The fourth-order valence-corrected chi connectivity index (χ4v) is 3.20. The maximum atomic E-state index is 9.17. The highest BCUT2D eigenvalue weighted by Crippen LogP contribution is 2.31. The Bertz CT molecular complexity index is 458. The lowest BCUT2D eigenvalue weighted by Gasteiger charge is -2.31. The first-order chi connectivity index (χ1) is 9.24. The number of hydrogen-bond acceptors (Lipinski definition) is 2. The van der Waals surface area contributed by atoms with E-state index in [0.717, 1.165) is 18.0 Å². The minimum Gasteiger partial charge on any atom is -0.381 e. The van der Waals surface area contributed by atoms with Gasteiger partial charge < -0.3 is 5.32 Å². The van der Waals surface area contributed by atoms with Gasteiger partial charge in [0.05, 0.1) is 11.3 Å². The van der Waals surface area contributed by atoms with Crippen molar-refractivity contribution in [2.45, 2.75) is 51.5 Å². The van der Waals surface area contributed by atoms with Crippen LogP contribution in [0.3, 0.4) is 0 Å². The second-order valence-electron chi connectivity index (χ2n) is 5.36. The first-order valence-electron chi connectivity index (χ1n) is 7.20. The molecule has 1 aliphatic rings. The van der Waals surface area contributed by atoms with E-state index in [4.69, 9.17) is 11.6 Å². The molecule has 19 heavy (non-hydrogen) atoms. The Kier molecular flexibility index (Phi) is 5.10. The minimum absolute atomic E-state index is 0.450. The van der Waals surface area contributed by atoms with Gasteiger partial charge in [0.25, 0.3) is 0 Å². The molecule has 1 fully saturated rings. The van der Waals surface area contributed by atoms with Crippen molar-refractivity contribution in [3.63, 3.8) is 0 Å². The molecular formula is C16H21ClN2. The van der Waals surface area contributed by atoms with Crippen molar-refractivity contribution >= 4 is 17.3 Å². The van der Waals surface area contributed by atoms with Gasteiger partial charge in [0.2, 0.25) is 0 Å². The predicted molar refractivity (Wildman–Crippen MR) is 80.4 cm³/mol. The van der Waals surface area contributed by atoms with E-state index in [1.165, 1.54) is 32.1 Å². The van der Waals surface area contributed by atoms with Gasteiger partial charge in [-0.3, -0.25) is 0 Å². The van der Waals surface area contributed by atoms with Gasteiger partial charge in [-0.25, -0.2) is 0 Å². The van der Waals surface area contributed by atoms with Crippen molar-refractivity contribution in [1.82, 2.24) is 0 Å². The van der Waals surface area contributed by atoms with Crippen molar-refractivity contribution in [2.24, 2.45) is 5.92 Å². The third-order valence-electron chi connectivity index (χ3n) is 4.10. The molecule has 0 heterocycles. The van der Waals surface area contributed by atoms with Crippen LogP contribution < -0.4 is 5.32 Å². The lowest BCUT2D eigenvalue weighted by atomic mass is 9.83. The van der Waals surface area contributed by atoms with E-state index < -0.39 is 0 Å². The summed E-state index contributed by atoms with van der Waals surface area (Å²) in [5.74, 6) is 0.726. The molecule has 1 atom stereocenters. The minimum atomic E-state index is 0.450. The van der Waals surface area contributed by atoms with E-state index in [1.54, 1.807) is 12.1 Å². The van der Waals surface area contributed by atoms with Crippen LogP contribution in [0.4, 0.5) is 5.69 Å². The molecule has 0 saturated heterocycles. The maximum Gasteiger partial charge on any atom is 0.101 e. The lowest BCUT2D eigenvalue weighted by Crippen LogP contribution is -2.30. The molecule has 0 amide bonds. The smallest absolute Gasteiger partial charge is 0.101 e. The van der Waals surface area contributed by atoms with Crippen molar-refractivity contribution in [2.75, 3.05) is 5.32 Å². The molecular weight excluding hydrogens is 256 g/mol. The summed E-state index contributed by atoms with van der Waals surface area (Å²) in [5.41, 5.74) is 1.56. The van der Waals surface area contributed by atoms with Crippen molar-refractivity contribution in [1.29, 1.82) is 5.26 Å². The average Bonchev–Trinajstić information content (AvgIpc) is 2.46. The molecule has 0 aliphatic heterocycles. The van der Waals surface area contributed by atoms with Crippen molar-refractivity contribution < 1.29 is 0 Å². The molecule has 102 valence electrons. The number of anilines is 1. The molecule has 1 aromatic rings. The van der Waals surface area contributed by atoms with Crippen LogP contribution in [-0.4, -0.2) is 6.04 Å². The number of nitrogens with one attached hydrogen (secondary N) is 1. The summed E-state index contributed by atoms with van der Waals surface area (Å²) in [6.45, 7) is 2.21. The zero-order valence-electron chi connectivity index (χ0n) is 11.5. The van der Waals surface area contributed by atoms with Crippen LogP contribution in [0.5, 0.6) is 0 Å². The van der Waals surface area contributed by atoms with Gasteiger partial charge in [-0.2, -0.15) is 5.26 Å². The fourth-order valence-electron chi connectivity index (χ4n) is 3.02. The molecule has 1 aromatic carbocycles. The van der Waals surface area contributed by atoms with Crippen LogP contribution in [-0.2, 0) is 0 Å². The molecule has 1 unspecified atom stereocenters. The molecule has 2 rings (SSSR count). The Balaban J connectivity index is 2.13.